The molecule has 1 saturated heterocycles. The van der Waals surface area contributed by atoms with Crippen LogP contribution in [0.3, 0.4) is 0 Å². The molecule has 6 rings (SSSR count). The van der Waals surface area contributed by atoms with E-state index >= 15 is 0 Å². The number of anilines is 1. The summed E-state index contributed by atoms with van der Waals surface area (Å²) in [5.74, 6) is -2.24. The highest BCUT2D eigenvalue weighted by molar-refractivity contribution is 7.59. The molecule has 3 aliphatic rings. The maximum atomic E-state index is 12.9. The van der Waals surface area contributed by atoms with E-state index in [-0.39, 0.29) is 65.9 Å². The molecular weight excluding hydrogens is 1040 g/mol. The Balaban J connectivity index is 0.837. The largest absolute Gasteiger partial charge is 0.790 e. The third-order valence-corrected chi connectivity index (χ3v) is 16.6. The fraction of sp³-hybridized carbons (Fsp3) is 0.667. The van der Waals surface area contributed by atoms with Crippen molar-refractivity contribution < 1.29 is 90.4 Å². The predicted octanol–water partition coefficient (Wildman–Crippen LogP) is 1.39. The molecule has 412 valence electrons. The van der Waals surface area contributed by atoms with E-state index in [1.54, 1.807) is 0 Å². The fourth-order valence-corrected chi connectivity index (χ4v) is 11.8. The van der Waals surface area contributed by atoms with Gasteiger partial charge in [0.2, 0.25) is 11.8 Å². The van der Waals surface area contributed by atoms with Crippen LogP contribution in [0.15, 0.2) is 36.9 Å². The number of imidazole rings is 1. The fourth-order valence-electron chi connectivity index (χ4n) is 9.07. The first-order valence-electron chi connectivity index (χ1n) is 24.3. The number of aliphatic hydroxyl groups excluding tert-OH is 2. The van der Waals surface area contributed by atoms with Gasteiger partial charge in [0.05, 0.1) is 33.8 Å². The number of phosphoric acid groups is 3. The van der Waals surface area contributed by atoms with Gasteiger partial charge in [-0.3, -0.25) is 32.9 Å². The van der Waals surface area contributed by atoms with Gasteiger partial charge < -0.3 is 74.1 Å². The number of unbranched alkanes of at least 4 members (excludes halogenated alkanes) is 2. The van der Waals surface area contributed by atoms with E-state index in [1.165, 1.54) is 25.0 Å². The molecule has 7 unspecified atom stereocenters. The number of fused-ring (bicyclic) bond motifs is 1. The van der Waals surface area contributed by atoms with Crippen LogP contribution in [-0.2, 0) is 68.3 Å². The predicted molar refractivity (Wildman–Crippen MR) is 252 cm³/mol. The molecule has 3 heterocycles. The minimum Gasteiger partial charge on any atom is -0.790 e. The smallest absolute Gasteiger partial charge is 0.303 e. The Kier molecular flexibility index (Phi) is 19.9. The first-order chi connectivity index (χ1) is 34.7. The van der Waals surface area contributed by atoms with Crippen LogP contribution in [0.4, 0.5) is 5.82 Å². The summed E-state index contributed by atoms with van der Waals surface area (Å²) in [5, 5.41) is 35.7. The van der Waals surface area contributed by atoms with Gasteiger partial charge in [-0.05, 0) is 86.2 Å². The average molecular weight is 1100 g/mol. The van der Waals surface area contributed by atoms with Gasteiger partial charge in [-0.25, -0.2) is 19.3 Å². The number of carbonyl (C=O) groups is 4. The number of hydrogen-bond acceptors (Lipinski definition) is 22. The minimum absolute atomic E-state index is 0.00185. The van der Waals surface area contributed by atoms with Crippen LogP contribution in [0.1, 0.15) is 121 Å². The van der Waals surface area contributed by atoms with Gasteiger partial charge in [-0.15, -0.1) is 0 Å². The number of nitrogens with one attached hydrogen (secondary N) is 2. The number of nitrogen functional groups attached to an aromatic ring is 1. The molecule has 2 saturated carbocycles. The van der Waals surface area contributed by atoms with Crippen LogP contribution < -0.4 is 35.9 Å². The second kappa shape index (κ2) is 24.9. The Bertz CT molecular complexity index is 2610. The number of aryl methyl sites for hydroxylation is 2. The summed E-state index contributed by atoms with van der Waals surface area (Å²) in [6.07, 6.45) is 5.11. The Labute approximate surface area is 427 Å². The van der Waals surface area contributed by atoms with E-state index in [0.29, 0.717) is 6.42 Å². The van der Waals surface area contributed by atoms with Crippen LogP contribution in [0.2, 0.25) is 0 Å². The third kappa shape index (κ3) is 17.7. The molecule has 3 aromatic rings. The summed E-state index contributed by atoms with van der Waals surface area (Å²) in [6, 6.07) is 8.63. The number of carboxylic acids is 1. The molecule has 74 heavy (non-hydrogen) atoms. The van der Waals surface area contributed by atoms with Crippen LogP contribution in [0, 0.1) is 16.2 Å². The van der Waals surface area contributed by atoms with Crippen LogP contribution in [-0.4, -0.2) is 109 Å². The van der Waals surface area contributed by atoms with E-state index in [9.17, 15) is 62.7 Å². The lowest BCUT2D eigenvalue weighted by atomic mass is 9.87. The van der Waals surface area contributed by atoms with Crippen molar-refractivity contribution in [1.82, 2.24) is 30.2 Å². The van der Waals surface area contributed by atoms with Crippen LogP contribution >= 0.6 is 23.5 Å². The summed E-state index contributed by atoms with van der Waals surface area (Å²) in [5.41, 5.74) is 6.68. The second-order valence-electron chi connectivity index (χ2n) is 20.3. The number of ketones is 1. The molecule has 29 heteroatoms. The molecule has 3 fully saturated rings. The number of amides is 2. The highest BCUT2D eigenvalue weighted by Crippen LogP contribution is 2.57. The maximum Gasteiger partial charge on any atom is 0.303 e. The van der Waals surface area contributed by atoms with E-state index in [1.807, 2.05) is 0 Å². The molecule has 7 N–H and O–H groups in total. The number of rotatable bonds is 33. The number of aliphatic hydroxyl groups is 2. The lowest BCUT2D eigenvalue weighted by Gasteiger charge is -2.36. The molecule has 26 nitrogen and oxygen atoms in total. The number of aliphatic carboxylic acids is 1. The monoisotopic (exact) mass is 1100 g/mol. The molecule has 1 aliphatic heterocycles. The number of aromatic nitrogens is 4. The SMILES string of the molecule is CC(C)(COP(=O)([O-])OP(=O)([O-])OCC1OC(n2cnc3c(N)ncnc32)C(O)C1OP(=O)([O-])[O-])C(O)C(=O)NCCC(=O)NCCC(=O)CC1(CCCCc2cccc(CCCCC3(CC(=O)O)CC3)c2)CC1. The van der Waals surface area contributed by atoms with Gasteiger partial charge in [-0.1, -0.05) is 51.0 Å². The quantitative estimate of drug-likeness (QED) is 0.0371. The lowest BCUT2D eigenvalue weighted by molar-refractivity contribution is -0.347. The van der Waals surface area contributed by atoms with Gasteiger partial charge in [0.25, 0.3) is 15.6 Å². The summed E-state index contributed by atoms with van der Waals surface area (Å²) >= 11 is 0. The van der Waals surface area contributed by atoms with Crippen molar-refractivity contribution in [3.63, 3.8) is 0 Å². The highest BCUT2D eigenvalue weighted by atomic mass is 31.3. The highest BCUT2D eigenvalue weighted by Gasteiger charge is 2.48. The summed E-state index contributed by atoms with van der Waals surface area (Å²) in [6.45, 7) is -0.0198. The maximum absolute atomic E-state index is 12.9. The zero-order chi connectivity index (χ0) is 54.1. The molecular formula is C45H64N7O19P3-4. The summed E-state index contributed by atoms with van der Waals surface area (Å²) in [4.78, 5) is 109. The standard InChI is InChI=1S/C45H68N7O19P3/c1-43(2,26-68-74(65,66)71-73(63,64)67-25-32-37(70-72(60,61)62)36(57)42(69-32)52-28-51-35-39(46)49-27-50-40(35)52)38(58)41(59)48-21-13-33(54)47-20-12-31(53)23-44(16-17-44)14-5-3-8-29-10-7-11-30(22-29)9-4-6-15-45(18-19-45)24-34(55)56/h7,10-11,22,27-28,32,36-38,42,57-58H,3-6,8-9,12-21,23-26H2,1-2H3,(H,47,54)(H,48,59)(H,55,56)(H,63,64)(H,65,66)(H2,46,49,50)(H2,60,61,62)/p-4. The normalized spacial score (nSPS) is 22.1. The van der Waals surface area contributed by atoms with Gasteiger partial charge in [0.1, 0.15) is 42.0 Å². The van der Waals surface area contributed by atoms with Gasteiger partial charge in [0.15, 0.2) is 17.7 Å². The minimum atomic E-state index is -5.94. The zero-order valence-corrected chi connectivity index (χ0v) is 43.8. The average Bonchev–Trinajstić information content (AvgIpc) is 4.19. The van der Waals surface area contributed by atoms with Crippen molar-refractivity contribution in [1.29, 1.82) is 0 Å². The number of ether oxygens (including phenoxy) is 1. The van der Waals surface area contributed by atoms with Crippen LogP contribution in [0.5, 0.6) is 0 Å². The molecule has 1 aromatic carbocycles. The van der Waals surface area contributed by atoms with Crippen LogP contribution in [0.25, 0.3) is 11.2 Å². The van der Waals surface area contributed by atoms with E-state index in [2.05, 4.69) is 67.7 Å². The first kappa shape index (κ1) is 59.1. The Morgan fingerprint density at radius 2 is 1.50 bits per heavy atom. The van der Waals surface area contributed by atoms with Gasteiger partial charge >= 0.3 is 5.97 Å². The number of nitrogens with two attached hydrogens (primary N) is 1. The third-order valence-electron chi connectivity index (χ3n) is 13.6. The first-order valence-corrected chi connectivity index (χ1v) is 28.7. The van der Waals surface area contributed by atoms with Crippen molar-refractivity contribution >= 4 is 64.0 Å². The van der Waals surface area contributed by atoms with Gasteiger partial charge in [0, 0.05) is 37.8 Å². The number of nitrogens with zero attached hydrogens (tertiary/aromatic N) is 4. The second-order valence-corrected chi connectivity index (χ2v) is 24.3. The van der Waals surface area contributed by atoms with E-state index < -0.39 is 90.5 Å². The van der Waals surface area contributed by atoms with Gasteiger partial charge in [-0.2, -0.15) is 0 Å². The number of benzene rings is 1. The van der Waals surface area contributed by atoms with Crippen molar-refractivity contribution in [2.45, 2.75) is 147 Å². The zero-order valence-electron chi connectivity index (χ0n) is 41.1. The summed E-state index contributed by atoms with van der Waals surface area (Å²) < 4.78 is 61.0. The molecule has 7 atom stereocenters. The lowest BCUT2D eigenvalue weighted by Crippen LogP contribution is -2.46. The van der Waals surface area contributed by atoms with Crippen molar-refractivity contribution in [2.24, 2.45) is 16.2 Å². The molecule has 0 radical (unpaired) electrons. The van der Waals surface area contributed by atoms with E-state index in [0.717, 1.165) is 94.3 Å². The molecule has 2 amide bonds. The van der Waals surface area contributed by atoms with Crippen molar-refractivity contribution in [3.05, 3.63) is 48.0 Å². The number of carboxylic acid groups (broad SMARTS) is 1. The number of Topliss-reactive ketones (excluding diaryl/α,β-unsaturated/α-hetero) is 1. The number of carbonyl (C=O) groups excluding carboxylic acids is 3. The van der Waals surface area contributed by atoms with Crippen molar-refractivity contribution in [3.8, 4) is 0 Å². The Morgan fingerprint density at radius 3 is 2.11 bits per heavy atom. The molecule has 0 spiro atoms. The molecule has 2 aliphatic carbocycles. The van der Waals surface area contributed by atoms with E-state index in [4.69, 9.17) is 15.6 Å². The molecule has 2 aromatic heterocycles. The van der Waals surface area contributed by atoms with Crippen molar-refractivity contribution in [2.75, 3.05) is 32.0 Å². The summed E-state index contributed by atoms with van der Waals surface area (Å²) in [7, 11) is -17.7. The Morgan fingerprint density at radius 1 is 0.892 bits per heavy atom. The number of phosphoric ester groups is 3. The number of hydrogen-bond donors (Lipinski definition) is 6. The Hall–Kier alpha value is -4.10. The topological polar surface area (TPSA) is 412 Å². The molecule has 0 bridgehead atoms.